The van der Waals surface area contributed by atoms with Crippen LogP contribution in [0.1, 0.15) is 37.6 Å². The number of carbonyl (C=O) groups excluding carboxylic acids is 1. The molecule has 0 fully saturated rings. The van der Waals surface area contributed by atoms with Crippen molar-refractivity contribution in [2.75, 3.05) is 6.61 Å². The molecule has 1 amide bonds. The van der Waals surface area contributed by atoms with E-state index >= 15 is 0 Å². The zero-order valence-corrected chi connectivity index (χ0v) is 10.1. The normalized spacial score (nSPS) is 13.5. The van der Waals surface area contributed by atoms with Crippen molar-refractivity contribution in [2.45, 2.75) is 33.2 Å². The average molecular weight is 224 g/mol. The summed E-state index contributed by atoms with van der Waals surface area (Å²) in [6.07, 6.45) is 4.09. The maximum atomic E-state index is 11.7. The molecule has 0 radical (unpaired) electrons. The molecule has 1 aromatic heterocycles. The number of rotatable bonds is 4. The Kier molecular flexibility index (Phi) is 4.12. The highest BCUT2D eigenvalue weighted by molar-refractivity contribution is 5.94. The quantitative estimate of drug-likeness (QED) is 0.726. The fraction of sp³-hybridized carbons (Fsp3) is 0.583. The Morgan fingerprint density at radius 1 is 1.56 bits per heavy atom. The Morgan fingerprint density at radius 3 is 2.69 bits per heavy atom. The summed E-state index contributed by atoms with van der Waals surface area (Å²) >= 11 is 0. The molecule has 1 atom stereocenters. The number of aromatic nitrogens is 1. The van der Waals surface area contributed by atoms with Gasteiger partial charge < -0.3 is 15.4 Å². The van der Waals surface area contributed by atoms with Crippen LogP contribution in [0, 0.1) is 5.41 Å². The van der Waals surface area contributed by atoms with Crippen LogP contribution < -0.4 is 5.32 Å². The van der Waals surface area contributed by atoms with Gasteiger partial charge in [0.05, 0.1) is 18.2 Å². The van der Waals surface area contributed by atoms with Gasteiger partial charge in [-0.05, 0) is 17.9 Å². The van der Waals surface area contributed by atoms with E-state index in [1.54, 1.807) is 18.5 Å². The van der Waals surface area contributed by atoms with Gasteiger partial charge >= 0.3 is 0 Å². The van der Waals surface area contributed by atoms with Crippen molar-refractivity contribution in [3.63, 3.8) is 0 Å². The molecule has 1 unspecified atom stereocenters. The molecule has 0 aliphatic heterocycles. The van der Waals surface area contributed by atoms with Crippen molar-refractivity contribution >= 4 is 5.91 Å². The summed E-state index contributed by atoms with van der Waals surface area (Å²) < 4.78 is 0. The molecule has 0 aromatic carbocycles. The van der Waals surface area contributed by atoms with E-state index in [1.807, 2.05) is 0 Å². The summed E-state index contributed by atoms with van der Waals surface area (Å²) in [5, 5.41) is 12.0. The highest BCUT2D eigenvalue weighted by Gasteiger charge is 2.20. The van der Waals surface area contributed by atoms with Crippen molar-refractivity contribution in [1.82, 2.24) is 10.3 Å². The number of carbonyl (C=O) groups is 1. The first-order valence-electron chi connectivity index (χ1n) is 5.47. The van der Waals surface area contributed by atoms with E-state index in [9.17, 15) is 9.90 Å². The van der Waals surface area contributed by atoms with Gasteiger partial charge in [0.25, 0.3) is 5.91 Å². The fourth-order valence-corrected chi connectivity index (χ4v) is 1.63. The molecule has 4 nitrogen and oxygen atoms in total. The Labute approximate surface area is 96.1 Å². The van der Waals surface area contributed by atoms with E-state index in [-0.39, 0.29) is 24.0 Å². The molecule has 90 valence electrons. The predicted molar refractivity (Wildman–Crippen MR) is 63.2 cm³/mol. The molecule has 1 aromatic rings. The van der Waals surface area contributed by atoms with E-state index in [1.165, 1.54) is 0 Å². The molecule has 0 aliphatic carbocycles. The topological polar surface area (TPSA) is 65.1 Å². The predicted octanol–water partition coefficient (Wildman–Crippen LogP) is 1.54. The van der Waals surface area contributed by atoms with E-state index in [4.69, 9.17) is 0 Å². The van der Waals surface area contributed by atoms with Crippen LogP contribution in [0.5, 0.6) is 0 Å². The lowest BCUT2D eigenvalue weighted by molar-refractivity contribution is 0.0898. The van der Waals surface area contributed by atoms with Gasteiger partial charge in [-0.2, -0.15) is 0 Å². The van der Waals surface area contributed by atoms with E-state index in [2.05, 4.69) is 31.1 Å². The summed E-state index contributed by atoms with van der Waals surface area (Å²) in [6, 6.07) is 1.52. The van der Waals surface area contributed by atoms with Gasteiger partial charge in [-0.3, -0.25) is 4.79 Å². The molecule has 16 heavy (non-hydrogen) atoms. The third-order valence-electron chi connectivity index (χ3n) is 2.27. The molecular weight excluding hydrogens is 204 g/mol. The Morgan fingerprint density at radius 2 is 2.25 bits per heavy atom. The van der Waals surface area contributed by atoms with Crippen LogP contribution in [0.15, 0.2) is 18.5 Å². The molecular formula is C12H20N2O2. The van der Waals surface area contributed by atoms with E-state index in [0.717, 1.165) is 6.42 Å². The first-order chi connectivity index (χ1) is 7.42. The number of H-pyrrole nitrogens is 1. The van der Waals surface area contributed by atoms with Crippen molar-refractivity contribution in [3.05, 3.63) is 24.0 Å². The second-order valence-electron chi connectivity index (χ2n) is 5.22. The zero-order chi connectivity index (χ0) is 12.2. The molecule has 1 heterocycles. The molecule has 0 aliphatic rings. The number of hydrogen-bond donors (Lipinski definition) is 3. The standard InChI is InChI=1S/C12H20N2O2/c1-12(2,3)6-10(8-15)14-11(16)9-4-5-13-7-9/h4-5,7,10,13,15H,6,8H2,1-3H3,(H,14,16). The third kappa shape index (κ3) is 4.06. The van der Waals surface area contributed by atoms with Gasteiger partial charge in [0.15, 0.2) is 0 Å². The molecule has 4 heteroatoms. The van der Waals surface area contributed by atoms with Gasteiger partial charge in [-0.1, -0.05) is 20.8 Å². The number of hydrogen-bond acceptors (Lipinski definition) is 2. The number of aliphatic hydroxyl groups is 1. The smallest absolute Gasteiger partial charge is 0.253 e. The second-order valence-corrected chi connectivity index (χ2v) is 5.22. The summed E-state index contributed by atoms with van der Waals surface area (Å²) in [6.45, 7) is 6.21. The van der Waals surface area contributed by atoms with Gasteiger partial charge in [-0.15, -0.1) is 0 Å². The minimum absolute atomic E-state index is 0.0343. The SMILES string of the molecule is CC(C)(C)CC(CO)NC(=O)c1cc[nH]c1. The summed E-state index contributed by atoms with van der Waals surface area (Å²) in [4.78, 5) is 14.5. The summed E-state index contributed by atoms with van der Waals surface area (Å²) in [5.41, 5.74) is 0.672. The molecule has 3 N–H and O–H groups in total. The lowest BCUT2D eigenvalue weighted by atomic mass is 9.88. The van der Waals surface area contributed by atoms with Crippen LogP contribution in [-0.2, 0) is 0 Å². The zero-order valence-electron chi connectivity index (χ0n) is 10.1. The minimum atomic E-state index is -0.192. The number of amides is 1. The number of aliphatic hydroxyl groups excluding tert-OH is 1. The number of nitrogens with one attached hydrogen (secondary N) is 2. The monoisotopic (exact) mass is 224 g/mol. The maximum Gasteiger partial charge on any atom is 0.253 e. The summed E-state index contributed by atoms with van der Waals surface area (Å²) in [5.74, 6) is -0.149. The van der Waals surface area contributed by atoms with Crippen molar-refractivity contribution in [1.29, 1.82) is 0 Å². The first-order valence-corrected chi connectivity index (χ1v) is 5.47. The van der Waals surface area contributed by atoms with E-state index < -0.39 is 0 Å². The van der Waals surface area contributed by atoms with Crippen molar-refractivity contribution in [3.8, 4) is 0 Å². The lowest BCUT2D eigenvalue weighted by Crippen LogP contribution is -2.39. The van der Waals surface area contributed by atoms with Gasteiger partial charge in [0.2, 0.25) is 0 Å². The first kappa shape index (κ1) is 12.8. The van der Waals surface area contributed by atoms with Crippen molar-refractivity contribution < 1.29 is 9.90 Å². The van der Waals surface area contributed by atoms with Crippen LogP contribution in [0.2, 0.25) is 0 Å². The highest BCUT2D eigenvalue weighted by Crippen LogP contribution is 2.20. The third-order valence-corrected chi connectivity index (χ3v) is 2.27. The van der Waals surface area contributed by atoms with Crippen LogP contribution in [0.3, 0.4) is 0 Å². The Bertz CT molecular complexity index is 325. The van der Waals surface area contributed by atoms with Gasteiger partial charge in [-0.25, -0.2) is 0 Å². The van der Waals surface area contributed by atoms with E-state index in [0.29, 0.717) is 5.56 Å². The Balaban J connectivity index is 2.54. The Hall–Kier alpha value is -1.29. The van der Waals surface area contributed by atoms with Crippen LogP contribution in [0.25, 0.3) is 0 Å². The van der Waals surface area contributed by atoms with Crippen LogP contribution >= 0.6 is 0 Å². The summed E-state index contributed by atoms with van der Waals surface area (Å²) in [7, 11) is 0. The molecule has 0 saturated heterocycles. The number of aromatic amines is 1. The largest absolute Gasteiger partial charge is 0.394 e. The van der Waals surface area contributed by atoms with Gasteiger partial charge in [0, 0.05) is 12.4 Å². The lowest BCUT2D eigenvalue weighted by Gasteiger charge is -2.25. The average Bonchev–Trinajstić information content (AvgIpc) is 2.67. The van der Waals surface area contributed by atoms with Gasteiger partial charge in [0.1, 0.15) is 0 Å². The minimum Gasteiger partial charge on any atom is -0.394 e. The fourth-order valence-electron chi connectivity index (χ4n) is 1.63. The second kappa shape index (κ2) is 5.16. The van der Waals surface area contributed by atoms with Crippen molar-refractivity contribution in [2.24, 2.45) is 5.41 Å². The van der Waals surface area contributed by atoms with Crippen LogP contribution in [0.4, 0.5) is 0 Å². The van der Waals surface area contributed by atoms with Crippen LogP contribution in [-0.4, -0.2) is 28.6 Å². The molecule has 0 bridgehead atoms. The molecule has 1 rings (SSSR count). The molecule has 0 spiro atoms. The molecule has 0 saturated carbocycles. The maximum absolute atomic E-state index is 11.7. The highest BCUT2D eigenvalue weighted by atomic mass is 16.3.